The van der Waals surface area contributed by atoms with Gasteiger partial charge in [-0.1, -0.05) is 22.0 Å². The topological polar surface area (TPSA) is 59.5 Å². The Morgan fingerprint density at radius 3 is 2.86 bits per heavy atom. The Bertz CT molecular complexity index is 1020. The number of likely N-dealkylation sites (tertiary alicyclic amines) is 1. The fourth-order valence-corrected chi connectivity index (χ4v) is 4.34. The summed E-state index contributed by atoms with van der Waals surface area (Å²) < 4.78 is 13.3. The third-order valence-electron chi connectivity index (χ3n) is 5.47. The van der Waals surface area contributed by atoms with Gasteiger partial charge in [-0.2, -0.15) is 0 Å². The minimum Gasteiger partial charge on any atom is -0.486 e. The monoisotopic (exact) mass is 454 g/mol. The van der Waals surface area contributed by atoms with E-state index in [1.807, 2.05) is 36.4 Å². The van der Waals surface area contributed by atoms with E-state index in [9.17, 15) is 0 Å². The molecule has 0 amide bonds. The molecule has 7 heteroatoms. The Labute approximate surface area is 178 Å². The first kappa shape index (κ1) is 18.6. The maximum Gasteiger partial charge on any atom is 0.163 e. The fourth-order valence-electron chi connectivity index (χ4n) is 3.94. The Morgan fingerprint density at radius 1 is 1.10 bits per heavy atom. The summed E-state index contributed by atoms with van der Waals surface area (Å²) in [7, 11) is 0. The molecule has 150 valence electrons. The molecule has 29 heavy (non-hydrogen) atoms. The number of ether oxygens (including phenoxy) is 2. The number of aromatic nitrogens is 2. The maximum absolute atomic E-state index is 6.28. The zero-order valence-corrected chi connectivity index (χ0v) is 17.7. The van der Waals surface area contributed by atoms with Crippen molar-refractivity contribution in [2.75, 3.05) is 31.6 Å². The lowest BCUT2D eigenvalue weighted by molar-refractivity contribution is 0.0776. The molecule has 3 heterocycles. The number of rotatable bonds is 5. The van der Waals surface area contributed by atoms with Gasteiger partial charge in [0.1, 0.15) is 24.9 Å². The number of hydrogen-bond donors (Lipinski definition) is 1. The van der Waals surface area contributed by atoms with Gasteiger partial charge < -0.3 is 19.7 Å². The van der Waals surface area contributed by atoms with Crippen LogP contribution < -0.4 is 14.8 Å². The Kier molecular flexibility index (Phi) is 5.24. The van der Waals surface area contributed by atoms with Crippen LogP contribution in [0.5, 0.6) is 11.5 Å². The average molecular weight is 455 g/mol. The molecule has 6 nitrogen and oxygen atoms in total. The van der Waals surface area contributed by atoms with Gasteiger partial charge in [0.25, 0.3) is 0 Å². The summed E-state index contributed by atoms with van der Waals surface area (Å²) in [6.45, 7) is 4.06. The smallest absolute Gasteiger partial charge is 0.163 e. The first-order chi connectivity index (χ1) is 14.2. The van der Waals surface area contributed by atoms with E-state index in [0.717, 1.165) is 51.3 Å². The molecule has 0 radical (unpaired) electrons. The number of anilines is 2. The third kappa shape index (κ3) is 4.16. The number of hydrogen-bond acceptors (Lipinski definition) is 6. The van der Waals surface area contributed by atoms with Crippen LogP contribution in [0.1, 0.15) is 19.3 Å². The molecule has 1 unspecified atom stereocenters. The van der Waals surface area contributed by atoms with Gasteiger partial charge in [0.2, 0.25) is 0 Å². The molecule has 1 aromatic heterocycles. The van der Waals surface area contributed by atoms with Crippen molar-refractivity contribution in [2.45, 2.75) is 25.4 Å². The Hall–Kier alpha value is -2.38. The predicted octanol–water partition coefficient (Wildman–Crippen LogP) is 4.76. The number of benzene rings is 2. The molecule has 1 saturated heterocycles. The highest BCUT2D eigenvalue weighted by atomic mass is 79.9. The Balaban J connectivity index is 1.38. The standard InChI is InChI=1S/C22H23BrN4O2/c23-15-4-3-5-16(10-15)26-22-18-11-21-20(12-19(18)24-14-25-22)28-13-17(29-21)6-9-27-7-1-2-8-27/h3-5,10-12,14,17H,1-2,6-9,13H2,(H,24,25,26). The highest BCUT2D eigenvalue weighted by molar-refractivity contribution is 9.10. The number of nitrogens with zero attached hydrogens (tertiary/aromatic N) is 3. The molecular weight excluding hydrogens is 432 g/mol. The third-order valence-corrected chi connectivity index (χ3v) is 5.97. The highest BCUT2D eigenvalue weighted by Gasteiger charge is 2.24. The number of fused-ring (bicyclic) bond motifs is 2. The maximum atomic E-state index is 6.28. The van der Waals surface area contributed by atoms with Crippen LogP contribution in [0.4, 0.5) is 11.5 Å². The number of halogens is 1. The van der Waals surface area contributed by atoms with Crippen molar-refractivity contribution < 1.29 is 9.47 Å². The van der Waals surface area contributed by atoms with Crippen LogP contribution in [-0.2, 0) is 0 Å². The average Bonchev–Trinajstić information content (AvgIpc) is 3.25. The summed E-state index contributed by atoms with van der Waals surface area (Å²) in [5.41, 5.74) is 1.79. The second-order valence-corrected chi connectivity index (χ2v) is 8.48. The normalized spacial score (nSPS) is 18.9. The quantitative estimate of drug-likeness (QED) is 0.599. The first-order valence-corrected chi connectivity index (χ1v) is 10.9. The van der Waals surface area contributed by atoms with Crippen LogP contribution in [0.25, 0.3) is 10.9 Å². The summed E-state index contributed by atoms with van der Waals surface area (Å²) in [6.07, 6.45) is 5.24. The molecule has 0 aliphatic carbocycles. The summed E-state index contributed by atoms with van der Waals surface area (Å²) in [6, 6.07) is 11.9. The van der Waals surface area contributed by atoms with Gasteiger partial charge in [0.15, 0.2) is 11.5 Å². The van der Waals surface area contributed by atoms with Crippen molar-refractivity contribution in [3.05, 3.63) is 47.2 Å². The highest BCUT2D eigenvalue weighted by Crippen LogP contribution is 2.38. The van der Waals surface area contributed by atoms with Crippen molar-refractivity contribution >= 4 is 38.3 Å². The summed E-state index contributed by atoms with van der Waals surface area (Å²) in [5.74, 6) is 2.27. The molecule has 1 fully saturated rings. The fraction of sp³-hybridized carbons (Fsp3) is 0.364. The summed E-state index contributed by atoms with van der Waals surface area (Å²) in [4.78, 5) is 11.4. The van der Waals surface area contributed by atoms with Gasteiger partial charge >= 0.3 is 0 Å². The molecule has 2 aromatic carbocycles. The van der Waals surface area contributed by atoms with Gasteiger partial charge in [-0.15, -0.1) is 0 Å². The van der Waals surface area contributed by atoms with Crippen LogP contribution in [0, 0.1) is 0 Å². The molecule has 1 atom stereocenters. The molecule has 5 rings (SSSR count). The predicted molar refractivity (Wildman–Crippen MR) is 117 cm³/mol. The SMILES string of the molecule is Brc1cccc(Nc2ncnc3cc4c(cc23)OC(CCN2CCCC2)CO4)c1. The Morgan fingerprint density at radius 2 is 2.00 bits per heavy atom. The second-order valence-electron chi connectivity index (χ2n) is 7.56. The molecule has 1 N–H and O–H groups in total. The summed E-state index contributed by atoms with van der Waals surface area (Å²) in [5, 5.41) is 4.30. The molecule has 2 aliphatic heterocycles. The van der Waals surface area contributed by atoms with Crippen molar-refractivity contribution in [1.82, 2.24) is 14.9 Å². The molecule has 3 aromatic rings. The first-order valence-electron chi connectivity index (χ1n) is 10.1. The van der Waals surface area contributed by atoms with Crippen LogP contribution in [0.3, 0.4) is 0 Å². The molecule has 0 spiro atoms. The van der Waals surface area contributed by atoms with E-state index in [0.29, 0.717) is 6.61 Å². The van der Waals surface area contributed by atoms with Crippen molar-refractivity contribution in [3.63, 3.8) is 0 Å². The number of nitrogens with one attached hydrogen (secondary N) is 1. The van der Waals surface area contributed by atoms with E-state index in [2.05, 4.69) is 36.1 Å². The lowest BCUT2D eigenvalue weighted by Crippen LogP contribution is -2.33. The molecular formula is C22H23BrN4O2. The molecule has 2 aliphatic rings. The second kappa shape index (κ2) is 8.16. The van der Waals surface area contributed by atoms with Crippen molar-refractivity contribution in [3.8, 4) is 11.5 Å². The molecule has 0 saturated carbocycles. The van der Waals surface area contributed by atoms with Crippen LogP contribution in [0.15, 0.2) is 47.2 Å². The van der Waals surface area contributed by atoms with Crippen molar-refractivity contribution in [2.24, 2.45) is 0 Å². The molecule has 0 bridgehead atoms. The van der Waals surface area contributed by atoms with Crippen molar-refractivity contribution in [1.29, 1.82) is 0 Å². The van der Waals surface area contributed by atoms with Crippen LogP contribution >= 0.6 is 15.9 Å². The van der Waals surface area contributed by atoms with E-state index < -0.39 is 0 Å². The minimum atomic E-state index is 0.0756. The minimum absolute atomic E-state index is 0.0756. The van der Waals surface area contributed by atoms with Crippen LogP contribution in [0.2, 0.25) is 0 Å². The van der Waals surface area contributed by atoms with Gasteiger partial charge in [0, 0.05) is 34.6 Å². The van der Waals surface area contributed by atoms with Gasteiger partial charge in [-0.3, -0.25) is 0 Å². The largest absolute Gasteiger partial charge is 0.486 e. The van der Waals surface area contributed by atoms with E-state index in [4.69, 9.17) is 9.47 Å². The van der Waals surface area contributed by atoms with Gasteiger partial charge in [0.05, 0.1) is 5.52 Å². The van der Waals surface area contributed by atoms with Gasteiger partial charge in [-0.05, 0) is 50.2 Å². The van der Waals surface area contributed by atoms with Gasteiger partial charge in [-0.25, -0.2) is 9.97 Å². The lowest BCUT2D eigenvalue weighted by atomic mass is 10.1. The van der Waals surface area contributed by atoms with E-state index in [1.165, 1.54) is 25.9 Å². The zero-order valence-electron chi connectivity index (χ0n) is 16.1. The lowest BCUT2D eigenvalue weighted by Gasteiger charge is -2.28. The van der Waals surface area contributed by atoms with Crippen LogP contribution in [-0.4, -0.2) is 47.2 Å². The summed E-state index contributed by atoms with van der Waals surface area (Å²) >= 11 is 3.51. The van der Waals surface area contributed by atoms with E-state index in [1.54, 1.807) is 6.33 Å². The van der Waals surface area contributed by atoms with E-state index >= 15 is 0 Å². The zero-order chi connectivity index (χ0) is 19.6. The van der Waals surface area contributed by atoms with E-state index in [-0.39, 0.29) is 6.10 Å².